The second kappa shape index (κ2) is 7.46. The molecule has 134 valence electrons. The van der Waals surface area contributed by atoms with Gasteiger partial charge in [-0.15, -0.1) is 11.3 Å². The molecule has 0 bridgehead atoms. The van der Waals surface area contributed by atoms with Gasteiger partial charge in [0.2, 0.25) is 0 Å². The number of hydrogen-bond donors (Lipinski definition) is 1. The van der Waals surface area contributed by atoms with Crippen molar-refractivity contribution in [3.05, 3.63) is 56.7 Å². The summed E-state index contributed by atoms with van der Waals surface area (Å²) in [6, 6.07) is 9.61. The summed E-state index contributed by atoms with van der Waals surface area (Å²) in [6.45, 7) is 2.96. The summed E-state index contributed by atoms with van der Waals surface area (Å²) in [6.07, 6.45) is 1.65. The minimum Gasteiger partial charge on any atom is -0.480 e. The van der Waals surface area contributed by atoms with E-state index in [9.17, 15) is 4.79 Å². The van der Waals surface area contributed by atoms with Gasteiger partial charge in [-0.05, 0) is 68.1 Å². The van der Waals surface area contributed by atoms with E-state index < -0.39 is 17.6 Å². The lowest BCUT2D eigenvalue weighted by Crippen LogP contribution is -2.37. The molecule has 0 radical (unpaired) electrons. The first-order valence-electron chi connectivity index (χ1n) is 8.34. The van der Waals surface area contributed by atoms with Crippen LogP contribution in [0.5, 0.6) is 0 Å². The molecule has 0 saturated carbocycles. The Morgan fingerprint density at radius 2 is 2.28 bits per heavy atom. The van der Waals surface area contributed by atoms with Crippen molar-refractivity contribution in [2.45, 2.75) is 38.0 Å². The maximum Gasteiger partial charge on any atom is 0.320 e. The van der Waals surface area contributed by atoms with Gasteiger partial charge in [0.25, 0.3) is 0 Å². The van der Waals surface area contributed by atoms with Crippen LogP contribution in [0.15, 0.2) is 35.7 Å². The van der Waals surface area contributed by atoms with Gasteiger partial charge in [-0.25, -0.2) is 0 Å². The number of halogens is 1. The number of carbonyl (C=O) groups is 1. The second-order valence-corrected chi connectivity index (χ2v) is 7.88. The van der Waals surface area contributed by atoms with Gasteiger partial charge in [0.1, 0.15) is 11.6 Å². The number of nitrogens with zero attached hydrogens (tertiary/aromatic N) is 1. The molecule has 6 heteroatoms. The van der Waals surface area contributed by atoms with E-state index >= 15 is 0 Å². The van der Waals surface area contributed by atoms with Crippen molar-refractivity contribution >= 4 is 28.9 Å². The first-order chi connectivity index (χ1) is 11.9. The van der Waals surface area contributed by atoms with Gasteiger partial charge in [-0.3, -0.25) is 9.69 Å². The number of thiophene rings is 1. The summed E-state index contributed by atoms with van der Waals surface area (Å²) in [5.41, 5.74) is 1.85. The Morgan fingerprint density at radius 3 is 2.96 bits per heavy atom. The van der Waals surface area contributed by atoms with E-state index in [1.54, 1.807) is 18.3 Å². The van der Waals surface area contributed by atoms with Gasteiger partial charge in [0.05, 0.1) is 6.61 Å². The predicted molar refractivity (Wildman–Crippen MR) is 100 cm³/mol. The van der Waals surface area contributed by atoms with Crippen LogP contribution in [0, 0.1) is 0 Å². The Balaban J connectivity index is 1.81. The Kier molecular flexibility index (Phi) is 5.49. The summed E-state index contributed by atoms with van der Waals surface area (Å²) in [5, 5.41) is 11.9. The van der Waals surface area contributed by atoms with Gasteiger partial charge in [0, 0.05) is 9.90 Å². The topological polar surface area (TPSA) is 49.8 Å². The lowest BCUT2D eigenvalue weighted by molar-refractivity contribution is -0.142. The van der Waals surface area contributed by atoms with Gasteiger partial charge in [-0.2, -0.15) is 0 Å². The highest BCUT2D eigenvalue weighted by Gasteiger charge is 2.42. The van der Waals surface area contributed by atoms with Crippen LogP contribution in [0.1, 0.15) is 35.8 Å². The first kappa shape index (κ1) is 18.4. The average molecular weight is 380 g/mol. The average Bonchev–Trinajstić information content (AvgIpc) is 3.22. The van der Waals surface area contributed by atoms with E-state index in [2.05, 4.69) is 17.5 Å². The zero-order valence-corrected chi connectivity index (χ0v) is 15.9. The fourth-order valence-corrected chi connectivity index (χ4v) is 4.47. The third-order valence-electron chi connectivity index (χ3n) is 4.95. The molecule has 0 aliphatic carbocycles. The number of fused-ring (bicyclic) bond motifs is 1. The fraction of sp³-hybridized carbons (Fsp3) is 0.421. The molecule has 4 nitrogen and oxygen atoms in total. The highest BCUT2D eigenvalue weighted by molar-refractivity contribution is 7.10. The first-order valence-corrected chi connectivity index (χ1v) is 9.60. The highest BCUT2D eigenvalue weighted by Crippen LogP contribution is 2.47. The molecule has 1 N–H and O–H groups in total. The Morgan fingerprint density at radius 1 is 1.48 bits per heavy atom. The van der Waals surface area contributed by atoms with Crippen molar-refractivity contribution < 1.29 is 14.6 Å². The molecule has 1 aromatic heterocycles. The van der Waals surface area contributed by atoms with Crippen LogP contribution in [-0.4, -0.2) is 35.6 Å². The summed E-state index contributed by atoms with van der Waals surface area (Å²) in [4.78, 5) is 14.2. The molecule has 0 amide bonds. The van der Waals surface area contributed by atoms with E-state index in [1.807, 2.05) is 30.1 Å². The summed E-state index contributed by atoms with van der Waals surface area (Å²) < 4.78 is 6.32. The maximum atomic E-state index is 11.1. The van der Waals surface area contributed by atoms with Crippen LogP contribution in [0.25, 0.3) is 0 Å². The molecule has 25 heavy (non-hydrogen) atoms. The van der Waals surface area contributed by atoms with Gasteiger partial charge in [0.15, 0.2) is 0 Å². The van der Waals surface area contributed by atoms with Crippen LogP contribution >= 0.6 is 22.9 Å². The van der Waals surface area contributed by atoms with Crippen molar-refractivity contribution in [1.82, 2.24) is 4.90 Å². The van der Waals surface area contributed by atoms with Crippen molar-refractivity contribution in [3.8, 4) is 0 Å². The highest BCUT2D eigenvalue weighted by atomic mass is 35.5. The molecule has 3 rings (SSSR count). The summed E-state index contributed by atoms with van der Waals surface area (Å²) in [7, 11) is 1.85. The smallest absolute Gasteiger partial charge is 0.320 e. The van der Waals surface area contributed by atoms with Crippen molar-refractivity contribution in [1.29, 1.82) is 0 Å². The number of carboxylic acids is 1. The molecule has 1 aliphatic rings. The van der Waals surface area contributed by atoms with Crippen molar-refractivity contribution in [2.75, 3.05) is 13.6 Å². The molecule has 1 unspecified atom stereocenters. The van der Waals surface area contributed by atoms with Crippen LogP contribution < -0.4 is 0 Å². The summed E-state index contributed by atoms with van der Waals surface area (Å²) >= 11 is 7.83. The van der Waals surface area contributed by atoms with Gasteiger partial charge < -0.3 is 9.84 Å². The Labute approximate surface area is 157 Å². The SMILES string of the molecule is C[C@@H](C(=O)O)N(C)CCCC1(c2cccs2)OCc2cc(Cl)ccc21. The van der Waals surface area contributed by atoms with Crippen LogP contribution in [0.2, 0.25) is 5.02 Å². The Bertz CT molecular complexity index is 749. The molecular formula is C19H22ClNO3S. The molecule has 2 atom stereocenters. The number of rotatable bonds is 7. The Hall–Kier alpha value is -1.40. The van der Waals surface area contributed by atoms with Crippen LogP contribution in [-0.2, 0) is 21.7 Å². The summed E-state index contributed by atoms with van der Waals surface area (Å²) in [5.74, 6) is -0.799. The minimum absolute atomic E-state index is 0.457. The largest absolute Gasteiger partial charge is 0.480 e. The molecule has 2 heterocycles. The van der Waals surface area contributed by atoms with Crippen molar-refractivity contribution in [3.63, 3.8) is 0 Å². The zero-order chi connectivity index (χ0) is 18.0. The third kappa shape index (κ3) is 3.60. The van der Waals surface area contributed by atoms with E-state index in [4.69, 9.17) is 21.4 Å². The molecular weight excluding hydrogens is 358 g/mol. The van der Waals surface area contributed by atoms with E-state index in [1.165, 1.54) is 10.4 Å². The molecule has 0 saturated heterocycles. The van der Waals surface area contributed by atoms with Gasteiger partial charge >= 0.3 is 5.97 Å². The third-order valence-corrected chi connectivity index (χ3v) is 6.20. The standard InChI is InChI=1S/C19H22ClNO3S/c1-13(18(22)23)21(2)9-4-8-19(17-5-3-10-25-17)16-7-6-15(20)11-14(16)12-24-19/h3,5-7,10-11,13H,4,8-9,12H2,1-2H3,(H,22,23)/t13-,19?/m0/s1. The normalized spacial score (nSPS) is 20.6. The number of aliphatic carboxylic acids is 1. The monoisotopic (exact) mass is 379 g/mol. The molecule has 2 aromatic rings. The molecule has 1 aliphatic heterocycles. The lowest BCUT2D eigenvalue weighted by atomic mass is 9.86. The predicted octanol–water partition coefficient (Wildman–Crippen LogP) is 4.36. The lowest BCUT2D eigenvalue weighted by Gasteiger charge is -2.30. The zero-order valence-electron chi connectivity index (χ0n) is 14.4. The molecule has 0 spiro atoms. The van der Waals surface area contributed by atoms with Crippen LogP contribution in [0.4, 0.5) is 0 Å². The quantitative estimate of drug-likeness (QED) is 0.776. The number of likely N-dealkylation sites (N-methyl/N-ethyl adjacent to an activating group) is 1. The number of benzene rings is 1. The maximum absolute atomic E-state index is 11.1. The number of ether oxygens (including phenoxy) is 1. The number of hydrogen-bond acceptors (Lipinski definition) is 4. The van der Waals surface area contributed by atoms with E-state index in [0.29, 0.717) is 13.2 Å². The van der Waals surface area contributed by atoms with Gasteiger partial charge in [-0.1, -0.05) is 23.7 Å². The minimum atomic E-state index is -0.799. The fourth-order valence-electron chi connectivity index (χ4n) is 3.36. The van der Waals surface area contributed by atoms with Crippen molar-refractivity contribution in [2.24, 2.45) is 0 Å². The molecule has 1 aromatic carbocycles. The second-order valence-electron chi connectivity index (χ2n) is 6.49. The number of carboxylic acid groups (broad SMARTS) is 1. The van der Waals surface area contributed by atoms with E-state index in [0.717, 1.165) is 23.4 Å². The molecule has 0 fully saturated rings. The van der Waals surface area contributed by atoms with Crippen LogP contribution in [0.3, 0.4) is 0 Å². The van der Waals surface area contributed by atoms with E-state index in [-0.39, 0.29) is 0 Å².